The van der Waals surface area contributed by atoms with Crippen LogP contribution >= 0.6 is 11.3 Å². The Balaban J connectivity index is 1.81. The fourth-order valence-corrected chi connectivity index (χ4v) is 2.39. The van der Waals surface area contributed by atoms with E-state index in [1.54, 1.807) is 11.4 Å². The minimum absolute atomic E-state index is 0.0117. The third-order valence-electron chi connectivity index (χ3n) is 2.73. The highest BCUT2D eigenvalue weighted by molar-refractivity contribution is 7.07. The predicted octanol–water partition coefficient (Wildman–Crippen LogP) is 3.50. The predicted molar refractivity (Wildman–Crippen MR) is 79.4 cm³/mol. The monoisotopic (exact) mass is 346 g/mol. The highest BCUT2D eigenvalue weighted by atomic mass is 32.1. The molecule has 0 radical (unpaired) electrons. The normalized spacial score (nSPS) is 12.5. The van der Waals surface area contributed by atoms with Crippen LogP contribution in [0.4, 0.5) is 23.7 Å². The molecule has 9 heteroatoms. The Bertz CT molecular complexity index is 630. The van der Waals surface area contributed by atoms with Crippen LogP contribution in [0.2, 0.25) is 0 Å². The van der Waals surface area contributed by atoms with Crippen molar-refractivity contribution in [2.75, 3.05) is 11.9 Å². The summed E-state index contributed by atoms with van der Waals surface area (Å²) in [7, 11) is 0. The standard InChI is InChI=1S/C14H13F3N2O3S/c15-14(16,17)22-11-3-1-10(2-4-11)19-13(21)18-7-12(20)9-5-6-23-8-9/h1-6,8,12,20H,7H2,(H2,18,19,21). The molecule has 1 atom stereocenters. The Morgan fingerprint density at radius 2 is 1.96 bits per heavy atom. The van der Waals surface area contributed by atoms with Crippen molar-refractivity contribution in [2.45, 2.75) is 12.5 Å². The summed E-state index contributed by atoms with van der Waals surface area (Å²) in [4.78, 5) is 11.7. The lowest BCUT2D eigenvalue weighted by molar-refractivity contribution is -0.274. The zero-order valence-corrected chi connectivity index (χ0v) is 12.4. The van der Waals surface area contributed by atoms with Gasteiger partial charge >= 0.3 is 12.4 Å². The van der Waals surface area contributed by atoms with Gasteiger partial charge in [-0.3, -0.25) is 0 Å². The Morgan fingerprint density at radius 3 is 2.52 bits per heavy atom. The minimum Gasteiger partial charge on any atom is -0.406 e. The molecule has 3 N–H and O–H groups in total. The van der Waals surface area contributed by atoms with E-state index in [1.807, 2.05) is 5.38 Å². The number of alkyl halides is 3. The average molecular weight is 346 g/mol. The van der Waals surface area contributed by atoms with Crippen molar-refractivity contribution in [3.05, 3.63) is 46.7 Å². The van der Waals surface area contributed by atoms with E-state index in [2.05, 4.69) is 15.4 Å². The molecule has 1 heterocycles. The molecule has 23 heavy (non-hydrogen) atoms. The van der Waals surface area contributed by atoms with Gasteiger partial charge < -0.3 is 20.5 Å². The molecule has 0 aliphatic rings. The van der Waals surface area contributed by atoms with Gasteiger partial charge in [0.2, 0.25) is 0 Å². The maximum Gasteiger partial charge on any atom is 0.573 e. The Hall–Kier alpha value is -2.26. The number of nitrogens with one attached hydrogen (secondary N) is 2. The second-order valence-corrected chi connectivity index (χ2v) is 5.26. The van der Waals surface area contributed by atoms with E-state index in [0.717, 1.165) is 12.1 Å². The first-order chi connectivity index (χ1) is 10.8. The van der Waals surface area contributed by atoms with Gasteiger partial charge in [0.05, 0.1) is 6.10 Å². The Kier molecular flexibility index (Phi) is 5.45. The molecule has 0 bridgehead atoms. The maximum atomic E-state index is 12.0. The minimum atomic E-state index is -4.76. The number of amides is 2. The summed E-state index contributed by atoms with van der Waals surface area (Å²) in [5.74, 6) is -0.378. The van der Waals surface area contributed by atoms with Gasteiger partial charge in [0.15, 0.2) is 0 Å². The van der Waals surface area contributed by atoms with Gasteiger partial charge in [-0.15, -0.1) is 13.2 Å². The number of thiophene rings is 1. The molecule has 0 saturated heterocycles. The van der Waals surface area contributed by atoms with Gasteiger partial charge in [-0.2, -0.15) is 11.3 Å². The maximum absolute atomic E-state index is 12.0. The number of ether oxygens (including phenoxy) is 1. The molecule has 2 rings (SSSR count). The number of aliphatic hydroxyl groups is 1. The van der Waals surface area contributed by atoms with Gasteiger partial charge in [0, 0.05) is 12.2 Å². The number of aliphatic hydroxyl groups excluding tert-OH is 1. The zero-order valence-electron chi connectivity index (χ0n) is 11.6. The molecule has 0 spiro atoms. The average Bonchev–Trinajstić information content (AvgIpc) is 2.99. The lowest BCUT2D eigenvalue weighted by atomic mass is 10.2. The third kappa shape index (κ3) is 5.80. The molecule has 5 nitrogen and oxygen atoms in total. The molecule has 1 unspecified atom stereocenters. The molecule has 0 saturated carbocycles. The molecule has 1 aromatic carbocycles. The molecule has 2 aromatic rings. The lowest BCUT2D eigenvalue weighted by Gasteiger charge is -2.12. The van der Waals surface area contributed by atoms with Crippen molar-refractivity contribution < 1.29 is 27.8 Å². The van der Waals surface area contributed by atoms with Crippen molar-refractivity contribution in [1.82, 2.24) is 5.32 Å². The van der Waals surface area contributed by atoms with Gasteiger partial charge in [-0.25, -0.2) is 4.79 Å². The number of anilines is 1. The fraction of sp³-hybridized carbons (Fsp3) is 0.214. The van der Waals surface area contributed by atoms with E-state index in [9.17, 15) is 23.1 Å². The quantitative estimate of drug-likeness (QED) is 0.776. The lowest BCUT2D eigenvalue weighted by Crippen LogP contribution is -2.32. The van der Waals surface area contributed by atoms with Gasteiger partial charge in [0.25, 0.3) is 0 Å². The topological polar surface area (TPSA) is 70.6 Å². The molecule has 124 valence electrons. The number of hydrogen-bond donors (Lipinski definition) is 3. The summed E-state index contributed by atoms with van der Waals surface area (Å²) < 4.78 is 39.8. The smallest absolute Gasteiger partial charge is 0.406 e. The number of halogens is 3. The number of hydrogen-bond acceptors (Lipinski definition) is 4. The Labute approximate surface area is 133 Å². The molecule has 2 amide bonds. The van der Waals surface area contributed by atoms with E-state index in [1.165, 1.54) is 23.5 Å². The van der Waals surface area contributed by atoms with Crippen molar-refractivity contribution in [3.63, 3.8) is 0 Å². The second kappa shape index (κ2) is 7.34. The van der Waals surface area contributed by atoms with Crippen LogP contribution in [0, 0.1) is 0 Å². The summed E-state index contributed by atoms with van der Waals surface area (Å²) in [6.07, 6.45) is -5.58. The second-order valence-electron chi connectivity index (χ2n) is 4.48. The molecular weight excluding hydrogens is 333 g/mol. The summed E-state index contributed by atoms with van der Waals surface area (Å²) in [5.41, 5.74) is 0.992. The van der Waals surface area contributed by atoms with Gasteiger partial charge in [-0.05, 0) is 46.7 Å². The summed E-state index contributed by atoms with van der Waals surface area (Å²) in [6, 6.07) is 5.89. The Morgan fingerprint density at radius 1 is 1.26 bits per heavy atom. The van der Waals surface area contributed by atoms with Crippen LogP contribution < -0.4 is 15.4 Å². The SMILES string of the molecule is O=C(NCC(O)c1ccsc1)Nc1ccc(OC(F)(F)F)cc1. The van der Waals surface area contributed by atoms with Crippen LogP contribution in [0.3, 0.4) is 0 Å². The summed E-state index contributed by atoms with van der Waals surface area (Å²) in [5, 5.41) is 18.3. The van der Waals surface area contributed by atoms with Crippen LogP contribution in [0.1, 0.15) is 11.7 Å². The number of carbonyl (C=O) groups excluding carboxylic acids is 1. The van der Waals surface area contributed by atoms with Gasteiger partial charge in [-0.1, -0.05) is 0 Å². The van der Waals surface area contributed by atoms with E-state index in [-0.39, 0.29) is 12.3 Å². The van der Waals surface area contributed by atoms with E-state index in [4.69, 9.17) is 0 Å². The highest BCUT2D eigenvalue weighted by Crippen LogP contribution is 2.23. The third-order valence-corrected chi connectivity index (χ3v) is 3.43. The van der Waals surface area contributed by atoms with Crippen molar-refractivity contribution >= 4 is 23.1 Å². The van der Waals surface area contributed by atoms with Gasteiger partial charge in [0.1, 0.15) is 5.75 Å². The fourth-order valence-electron chi connectivity index (χ4n) is 1.69. The largest absolute Gasteiger partial charge is 0.573 e. The zero-order chi connectivity index (χ0) is 16.9. The van der Waals surface area contributed by atoms with Crippen LogP contribution in [-0.4, -0.2) is 24.0 Å². The van der Waals surface area contributed by atoms with Crippen molar-refractivity contribution in [1.29, 1.82) is 0 Å². The van der Waals surface area contributed by atoms with Crippen LogP contribution in [-0.2, 0) is 0 Å². The van der Waals surface area contributed by atoms with Crippen molar-refractivity contribution in [3.8, 4) is 5.75 Å². The summed E-state index contributed by atoms with van der Waals surface area (Å²) >= 11 is 1.43. The van der Waals surface area contributed by atoms with E-state index >= 15 is 0 Å². The number of urea groups is 1. The first kappa shape index (κ1) is 17.1. The molecule has 0 aliphatic carbocycles. The highest BCUT2D eigenvalue weighted by Gasteiger charge is 2.30. The van der Waals surface area contributed by atoms with E-state index in [0.29, 0.717) is 11.3 Å². The molecule has 0 aliphatic heterocycles. The number of carbonyl (C=O) groups is 1. The first-order valence-electron chi connectivity index (χ1n) is 6.44. The van der Waals surface area contributed by atoms with E-state index < -0.39 is 18.5 Å². The number of benzene rings is 1. The van der Waals surface area contributed by atoms with Crippen molar-refractivity contribution in [2.24, 2.45) is 0 Å². The van der Waals surface area contributed by atoms with Crippen LogP contribution in [0.15, 0.2) is 41.1 Å². The van der Waals surface area contributed by atoms with Crippen LogP contribution in [0.25, 0.3) is 0 Å². The summed E-state index contributed by atoms with van der Waals surface area (Å²) in [6.45, 7) is 0.0117. The molecular formula is C14H13F3N2O3S. The molecule has 0 fully saturated rings. The van der Waals surface area contributed by atoms with Crippen LogP contribution in [0.5, 0.6) is 5.75 Å². The molecule has 1 aromatic heterocycles. The number of rotatable bonds is 5. The first-order valence-corrected chi connectivity index (χ1v) is 7.38.